The summed E-state index contributed by atoms with van der Waals surface area (Å²) in [5.41, 5.74) is 1.51. The second-order valence-corrected chi connectivity index (χ2v) is 7.82. The first-order valence-electron chi connectivity index (χ1n) is 9.62. The van der Waals surface area contributed by atoms with Gasteiger partial charge in [-0.3, -0.25) is 14.3 Å². The van der Waals surface area contributed by atoms with Crippen molar-refractivity contribution in [2.45, 2.75) is 6.67 Å². The van der Waals surface area contributed by atoms with Crippen LogP contribution in [0, 0.1) is 4.77 Å². The van der Waals surface area contributed by atoms with Crippen molar-refractivity contribution in [2.24, 2.45) is 0 Å². The highest BCUT2D eigenvalue weighted by atomic mass is 35.5. The first-order valence-corrected chi connectivity index (χ1v) is 10.4. The van der Waals surface area contributed by atoms with Gasteiger partial charge in [0.25, 0.3) is 5.91 Å². The molecule has 1 aliphatic heterocycles. The van der Waals surface area contributed by atoms with E-state index in [9.17, 15) is 4.79 Å². The number of methoxy groups -OCH3 is 1. The van der Waals surface area contributed by atoms with Gasteiger partial charge in [-0.15, -0.1) is 0 Å². The first-order chi connectivity index (χ1) is 14.6. The van der Waals surface area contributed by atoms with Crippen molar-refractivity contribution in [3.63, 3.8) is 0 Å². The molecule has 1 amide bonds. The van der Waals surface area contributed by atoms with Gasteiger partial charge >= 0.3 is 0 Å². The van der Waals surface area contributed by atoms with E-state index in [0.717, 1.165) is 24.5 Å². The molecule has 0 bridgehead atoms. The molecular formula is C21H22ClN5O2S. The van der Waals surface area contributed by atoms with E-state index in [2.05, 4.69) is 10.00 Å². The zero-order chi connectivity index (χ0) is 21.1. The predicted octanol–water partition coefficient (Wildman–Crippen LogP) is 3.48. The Labute approximate surface area is 185 Å². The third kappa shape index (κ3) is 4.26. The molecule has 2 aromatic carbocycles. The van der Waals surface area contributed by atoms with E-state index in [1.807, 2.05) is 33.7 Å². The molecule has 0 atom stereocenters. The maximum Gasteiger partial charge on any atom is 0.253 e. The highest BCUT2D eigenvalue weighted by Gasteiger charge is 2.22. The van der Waals surface area contributed by atoms with Crippen LogP contribution in [0.5, 0.6) is 5.75 Å². The summed E-state index contributed by atoms with van der Waals surface area (Å²) in [6.07, 6.45) is 1.71. The van der Waals surface area contributed by atoms with Gasteiger partial charge in [0.15, 0.2) is 0 Å². The standard InChI is InChI=1S/C21H22ClN5O2S/c1-29-19-5-3-2-4-18(19)26-14-23-27(21(26)30)15-24-10-12-25(13-11-24)20(28)16-6-8-17(22)9-7-16/h2-9,14H,10-13,15H2,1H3. The van der Waals surface area contributed by atoms with Crippen LogP contribution >= 0.6 is 23.8 Å². The Morgan fingerprint density at radius 1 is 1.10 bits per heavy atom. The summed E-state index contributed by atoms with van der Waals surface area (Å²) in [5.74, 6) is 0.769. The van der Waals surface area contributed by atoms with E-state index in [1.165, 1.54) is 0 Å². The van der Waals surface area contributed by atoms with Gasteiger partial charge in [0, 0.05) is 36.8 Å². The number of hydrogen-bond acceptors (Lipinski definition) is 5. The van der Waals surface area contributed by atoms with E-state index in [0.29, 0.717) is 35.1 Å². The lowest BCUT2D eigenvalue weighted by Crippen LogP contribution is -2.49. The minimum atomic E-state index is 0.0309. The Hall–Kier alpha value is -2.68. The van der Waals surface area contributed by atoms with Crippen molar-refractivity contribution in [1.29, 1.82) is 0 Å². The Morgan fingerprint density at radius 2 is 1.80 bits per heavy atom. The molecule has 0 N–H and O–H groups in total. The molecule has 30 heavy (non-hydrogen) atoms. The van der Waals surface area contributed by atoms with E-state index >= 15 is 0 Å². The van der Waals surface area contributed by atoms with Crippen LogP contribution < -0.4 is 4.74 Å². The zero-order valence-corrected chi connectivity index (χ0v) is 18.1. The van der Waals surface area contributed by atoms with Gasteiger partial charge in [0.2, 0.25) is 4.77 Å². The van der Waals surface area contributed by atoms with Crippen molar-refractivity contribution < 1.29 is 9.53 Å². The normalized spacial score (nSPS) is 14.7. The fourth-order valence-electron chi connectivity index (χ4n) is 3.49. The third-order valence-electron chi connectivity index (χ3n) is 5.16. The Bertz CT molecular complexity index is 1090. The Kier molecular flexibility index (Phi) is 6.17. The minimum absolute atomic E-state index is 0.0309. The van der Waals surface area contributed by atoms with Crippen LogP contribution in [0.2, 0.25) is 5.02 Å². The molecule has 1 aromatic heterocycles. The number of halogens is 1. The number of hydrogen-bond donors (Lipinski definition) is 0. The van der Waals surface area contributed by atoms with Gasteiger partial charge in [-0.2, -0.15) is 5.10 Å². The summed E-state index contributed by atoms with van der Waals surface area (Å²) in [5, 5.41) is 5.08. The fraction of sp³-hybridized carbons (Fsp3) is 0.286. The van der Waals surface area contributed by atoms with Gasteiger partial charge < -0.3 is 9.64 Å². The molecule has 0 spiro atoms. The number of amides is 1. The molecule has 9 heteroatoms. The quantitative estimate of drug-likeness (QED) is 0.565. The molecule has 0 radical (unpaired) electrons. The molecular weight excluding hydrogens is 422 g/mol. The zero-order valence-electron chi connectivity index (χ0n) is 16.6. The largest absolute Gasteiger partial charge is 0.495 e. The molecule has 0 unspecified atom stereocenters. The van der Waals surface area contributed by atoms with Crippen LogP contribution in [0.25, 0.3) is 5.69 Å². The number of carbonyl (C=O) groups is 1. The van der Waals surface area contributed by atoms with Crippen LogP contribution in [0.3, 0.4) is 0 Å². The smallest absolute Gasteiger partial charge is 0.253 e. The highest BCUT2D eigenvalue weighted by Crippen LogP contribution is 2.22. The molecule has 156 valence electrons. The number of benzene rings is 2. The minimum Gasteiger partial charge on any atom is -0.495 e. The molecule has 0 saturated carbocycles. The molecule has 2 heterocycles. The average Bonchev–Trinajstić information content (AvgIpc) is 3.14. The number of aromatic nitrogens is 3. The number of rotatable bonds is 5. The van der Waals surface area contributed by atoms with Crippen LogP contribution in [0.15, 0.2) is 54.9 Å². The average molecular weight is 444 g/mol. The second kappa shape index (κ2) is 8.99. The lowest BCUT2D eigenvalue weighted by Gasteiger charge is -2.34. The molecule has 1 aliphatic rings. The summed E-state index contributed by atoms with van der Waals surface area (Å²) < 4.78 is 9.66. The SMILES string of the molecule is COc1ccccc1-n1cnn(CN2CCN(C(=O)c3ccc(Cl)cc3)CC2)c1=S. The number of ether oxygens (including phenoxy) is 1. The van der Waals surface area contributed by atoms with E-state index in [4.69, 9.17) is 28.6 Å². The van der Waals surface area contributed by atoms with E-state index in [1.54, 1.807) is 42.4 Å². The van der Waals surface area contributed by atoms with Gasteiger partial charge in [0.05, 0.1) is 19.5 Å². The molecule has 3 aromatic rings. The van der Waals surface area contributed by atoms with Crippen molar-refractivity contribution in [2.75, 3.05) is 33.3 Å². The first kappa shape index (κ1) is 20.6. The van der Waals surface area contributed by atoms with Crippen molar-refractivity contribution >= 4 is 29.7 Å². The number of piperazine rings is 1. The van der Waals surface area contributed by atoms with E-state index < -0.39 is 0 Å². The Morgan fingerprint density at radius 3 is 2.50 bits per heavy atom. The maximum atomic E-state index is 12.7. The summed E-state index contributed by atoms with van der Waals surface area (Å²) >= 11 is 11.5. The number of carbonyl (C=O) groups excluding carboxylic acids is 1. The fourth-order valence-corrected chi connectivity index (χ4v) is 3.86. The number of nitrogens with zero attached hydrogens (tertiary/aromatic N) is 5. The van der Waals surface area contributed by atoms with Crippen LogP contribution in [-0.2, 0) is 6.67 Å². The molecule has 7 nitrogen and oxygen atoms in total. The molecule has 1 saturated heterocycles. The van der Waals surface area contributed by atoms with Gasteiger partial charge in [-0.05, 0) is 48.6 Å². The van der Waals surface area contributed by atoms with Crippen molar-refractivity contribution in [1.82, 2.24) is 24.1 Å². The topological polar surface area (TPSA) is 55.5 Å². The summed E-state index contributed by atoms with van der Waals surface area (Å²) in [6, 6.07) is 14.7. The maximum absolute atomic E-state index is 12.7. The molecule has 0 aliphatic carbocycles. The summed E-state index contributed by atoms with van der Waals surface area (Å²) in [4.78, 5) is 16.8. The monoisotopic (exact) mass is 443 g/mol. The van der Waals surface area contributed by atoms with Crippen LogP contribution in [-0.4, -0.2) is 63.3 Å². The van der Waals surface area contributed by atoms with Crippen LogP contribution in [0.1, 0.15) is 10.4 Å². The third-order valence-corrected chi connectivity index (χ3v) is 5.82. The number of para-hydroxylation sites is 2. The van der Waals surface area contributed by atoms with Crippen molar-refractivity contribution in [3.8, 4) is 11.4 Å². The second-order valence-electron chi connectivity index (χ2n) is 7.01. The Balaban J connectivity index is 1.40. The predicted molar refractivity (Wildman–Crippen MR) is 118 cm³/mol. The molecule has 1 fully saturated rings. The molecule has 4 rings (SSSR count). The van der Waals surface area contributed by atoms with Crippen LogP contribution in [0.4, 0.5) is 0 Å². The lowest BCUT2D eigenvalue weighted by atomic mass is 10.2. The van der Waals surface area contributed by atoms with Gasteiger partial charge in [-0.1, -0.05) is 23.7 Å². The summed E-state index contributed by atoms with van der Waals surface area (Å²) in [7, 11) is 1.64. The highest BCUT2D eigenvalue weighted by molar-refractivity contribution is 7.71. The summed E-state index contributed by atoms with van der Waals surface area (Å²) in [6.45, 7) is 3.39. The van der Waals surface area contributed by atoms with Gasteiger partial charge in [0.1, 0.15) is 12.1 Å². The van der Waals surface area contributed by atoms with Crippen molar-refractivity contribution in [3.05, 3.63) is 70.2 Å². The van der Waals surface area contributed by atoms with E-state index in [-0.39, 0.29) is 5.91 Å². The lowest BCUT2D eigenvalue weighted by molar-refractivity contribution is 0.0585. The van der Waals surface area contributed by atoms with Gasteiger partial charge in [-0.25, -0.2) is 4.68 Å².